The Morgan fingerprint density at radius 1 is 0.933 bits per heavy atom. The number of carboxylic acids is 2. The van der Waals surface area contributed by atoms with Gasteiger partial charge in [-0.1, -0.05) is 25.1 Å². The number of benzene rings is 2. The minimum atomic E-state index is -1.26. The van der Waals surface area contributed by atoms with E-state index in [9.17, 15) is 14.4 Å². The Morgan fingerprint density at radius 2 is 1.43 bits per heavy atom. The van der Waals surface area contributed by atoms with Crippen LogP contribution in [0.3, 0.4) is 0 Å². The third-order valence-electron chi connectivity index (χ3n) is 3.25. The van der Waals surface area contributed by atoms with Crippen molar-refractivity contribution in [2.24, 2.45) is 5.73 Å². The highest BCUT2D eigenvalue weighted by Crippen LogP contribution is 2.11. The lowest BCUT2D eigenvalue weighted by molar-refractivity contribution is -0.134. The van der Waals surface area contributed by atoms with E-state index >= 15 is 0 Å². The van der Waals surface area contributed by atoms with Crippen molar-refractivity contribution in [1.82, 2.24) is 0 Å². The molecule has 0 unspecified atom stereocenters. The largest absolute Gasteiger partial charge is 0.494 e. The summed E-state index contributed by atoms with van der Waals surface area (Å²) >= 11 is 0. The predicted octanol–water partition coefficient (Wildman–Crippen LogP) is 3.04. The molecule has 0 radical (unpaired) electrons. The molecule has 8 heteroatoms. The van der Waals surface area contributed by atoms with E-state index in [0.29, 0.717) is 24.3 Å². The Bertz CT molecular complexity index is 786. The first-order valence-corrected chi connectivity index (χ1v) is 9.06. The number of hydrogen-bond acceptors (Lipinski definition) is 5. The SMILES string of the molecule is CCCOc1ccc(C(N)=O)cc1.CN(C)c1ccccc1.O=C(O)/C=C\C(=O)O. The van der Waals surface area contributed by atoms with Crippen LogP contribution in [0.1, 0.15) is 23.7 Å². The molecular weight excluding hydrogens is 388 g/mol. The molecule has 8 nitrogen and oxygen atoms in total. The van der Waals surface area contributed by atoms with Gasteiger partial charge in [0.15, 0.2) is 0 Å². The highest BCUT2D eigenvalue weighted by atomic mass is 16.5. The van der Waals surface area contributed by atoms with Gasteiger partial charge >= 0.3 is 11.9 Å². The number of primary amides is 1. The van der Waals surface area contributed by atoms with Crippen molar-refractivity contribution >= 4 is 23.5 Å². The van der Waals surface area contributed by atoms with Crippen LogP contribution in [-0.2, 0) is 9.59 Å². The Morgan fingerprint density at radius 3 is 1.77 bits per heavy atom. The molecule has 2 aromatic carbocycles. The van der Waals surface area contributed by atoms with Crippen molar-refractivity contribution in [3.63, 3.8) is 0 Å². The number of amides is 1. The smallest absolute Gasteiger partial charge is 0.328 e. The van der Waals surface area contributed by atoms with E-state index in [1.807, 2.05) is 39.2 Å². The van der Waals surface area contributed by atoms with Crippen molar-refractivity contribution in [2.75, 3.05) is 25.6 Å². The first-order chi connectivity index (χ1) is 14.2. The number of carbonyl (C=O) groups is 3. The molecule has 0 spiro atoms. The van der Waals surface area contributed by atoms with Gasteiger partial charge in [-0.15, -0.1) is 0 Å². The van der Waals surface area contributed by atoms with E-state index in [-0.39, 0.29) is 0 Å². The zero-order chi connectivity index (χ0) is 22.9. The van der Waals surface area contributed by atoms with Gasteiger partial charge in [0.05, 0.1) is 6.61 Å². The maximum absolute atomic E-state index is 10.7. The van der Waals surface area contributed by atoms with Gasteiger partial charge in [-0.3, -0.25) is 4.79 Å². The fourth-order valence-electron chi connectivity index (χ4n) is 1.80. The first kappa shape index (κ1) is 26.2. The van der Waals surface area contributed by atoms with Crippen molar-refractivity contribution in [3.05, 3.63) is 72.3 Å². The Hall–Kier alpha value is -3.81. The zero-order valence-corrected chi connectivity index (χ0v) is 17.3. The van der Waals surface area contributed by atoms with Crippen LogP contribution in [0.15, 0.2) is 66.7 Å². The van der Waals surface area contributed by atoms with Crippen LogP contribution in [0.4, 0.5) is 5.69 Å². The monoisotopic (exact) mass is 416 g/mol. The summed E-state index contributed by atoms with van der Waals surface area (Å²) in [4.78, 5) is 31.9. The van der Waals surface area contributed by atoms with Gasteiger partial charge in [0, 0.05) is 37.5 Å². The number of aliphatic carboxylic acids is 2. The van der Waals surface area contributed by atoms with Gasteiger partial charge in [0.2, 0.25) is 5.91 Å². The fraction of sp³-hybridized carbons (Fsp3) is 0.227. The summed E-state index contributed by atoms with van der Waals surface area (Å²) in [5.41, 5.74) is 6.84. The quantitative estimate of drug-likeness (QED) is 0.591. The van der Waals surface area contributed by atoms with Crippen molar-refractivity contribution in [3.8, 4) is 5.75 Å². The second kappa shape index (κ2) is 15.2. The van der Waals surface area contributed by atoms with E-state index in [2.05, 4.69) is 17.0 Å². The standard InChI is InChI=1S/C10H13NO2.C8H11N.C4H4O4/c1-2-7-13-9-5-3-8(4-6-9)10(11)12;1-9(2)8-6-4-3-5-7-8;5-3(6)1-2-4(7)8/h3-6H,2,7H2,1H3,(H2,11,12);3-7H,1-2H3;1-2H,(H,5,6)(H,7,8)/b;;2-1-. The average Bonchev–Trinajstić information content (AvgIpc) is 2.72. The van der Waals surface area contributed by atoms with Crippen LogP contribution in [0, 0.1) is 0 Å². The molecule has 2 rings (SSSR count). The van der Waals surface area contributed by atoms with E-state index in [1.165, 1.54) is 5.69 Å². The second-order valence-electron chi connectivity index (χ2n) is 5.98. The normalized spacial score (nSPS) is 9.43. The molecule has 2 aromatic rings. The second-order valence-corrected chi connectivity index (χ2v) is 5.98. The van der Waals surface area contributed by atoms with Crippen LogP contribution in [0.25, 0.3) is 0 Å². The summed E-state index contributed by atoms with van der Waals surface area (Å²) in [6.45, 7) is 2.73. The number of rotatable bonds is 7. The number of carboxylic acid groups (broad SMARTS) is 2. The molecule has 1 amide bonds. The minimum absolute atomic E-state index is 0.415. The van der Waals surface area contributed by atoms with Crippen LogP contribution in [0.5, 0.6) is 5.75 Å². The van der Waals surface area contributed by atoms with E-state index in [4.69, 9.17) is 20.7 Å². The van der Waals surface area contributed by atoms with Gasteiger partial charge < -0.3 is 25.6 Å². The summed E-state index contributed by atoms with van der Waals surface area (Å²) in [7, 11) is 4.07. The molecule has 0 saturated heterocycles. The number of hydrogen-bond donors (Lipinski definition) is 3. The van der Waals surface area contributed by atoms with Crippen molar-refractivity contribution < 1.29 is 29.3 Å². The van der Waals surface area contributed by atoms with Crippen molar-refractivity contribution in [2.45, 2.75) is 13.3 Å². The molecule has 30 heavy (non-hydrogen) atoms. The van der Waals surface area contributed by atoms with Gasteiger partial charge in [0.25, 0.3) is 0 Å². The molecule has 0 heterocycles. The Kier molecular flexibility index (Phi) is 13.2. The molecule has 0 aliphatic heterocycles. The maximum atomic E-state index is 10.7. The summed E-state index contributed by atoms with van der Waals surface area (Å²) in [6.07, 6.45) is 2.09. The zero-order valence-electron chi connectivity index (χ0n) is 17.3. The third kappa shape index (κ3) is 13.4. The molecule has 0 saturated carbocycles. The molecule has 0 bridgehead atoms. The van der Waals surface area contributed by atoms with Gasteiger partial charge in [0.1, 0.15) is 5.75 Å². The summed E-state index contributed by atoms with van der Waals surface area (Å²) in [5, 5.41) is 15.6. The average molecular weight is 416 g/mol. The molecule has 0 atom stereocenters. The Balaban J connectivity index is 0.000000438. The minimum Gasteiger partial charge on any atom is -0.494 e. The molecule has 0 aromatic heterocycles. The number of nitrogens with zero attached hydrogens (tertiary/aromatic N) is 1. The highest BCUT2D eigenvalue weighted by molar-refractivity contribution is 5.92. The molecular formula is C22H28N2O6. The molecule has 162 valence electrons. The predicted molar refractivity (Wildman–Crippen MR) is 116 cm³/mol. The number of para-hydroxylation sites is 1. The lowest BCUT2D eigenvalue weighted by Crippen LogP contribution is -2.10. The van der Waals surface area contributed by atoms with Crippen LogP contribution in [0.2, 0.25) is 0 Å². The van der Waals surface area contributed by atoms with Crippen LogP contribution < -0.4 is 15.4 Å². The third-order valence-corrected chi connectivity index (χ3v) is 3.25. The summed E-state index contributed by atoms with van der Waals surface area (Å²) < 4.78 is 5.34. The number of nitrogens with two attached hydrogens (primary N) is 1. The first-order valence-electron chi connectivity index (χ1n) is 9.06. The number of ether oxygens (including phenoxy) is 1. The van der Waals surface area contributed by atoms with Gasteiger partial charge in [-0.05, 0) is 42.8 Å². The molecule has 0 fully saturated rings. The summed E-state index contributed by atoms with van der Waals surface area (Å²) in [6, 6.07) is 17.1. The number of anilines is 1. The molecule has 0 aliphatic carbocycles. The van der Waals surface area contributed by atoms with Crippen molar-refractivity contribution in [1.29, 1.82) is 0 Å². The highest BCUT2D eigenvalue weighted by Gasteiger charge is 1.99. The summed E-state index contributed by atoms with van der Waals surface area (Å²) in [5.74, 6) is -2.16. The topological polar surface area (TPSA) is 130 Å². The van der Waals surface area contributed by atoms with Crippen LogP contribution in [-0.4, -0.2) is 48.8 Å². The lowest BCUT2D eigenvalue weighted by Gasteiger charge is -2.10. The molecule has 0 aliphatic rings. The maximum Gasteiger partial charge on any atom is 0.328 e. The fourth-order valence-corrected chi connectivity index (χ4v) is 1.80. The van der Waals surface area contributed by atoms with E-state index in [1.54, 1.807) is 24.3 Å². The van der Waals surface area contributed by atoms with E-state index < -0.39 is 17.8 Å². The number of carbonyl (C=O) groups excluding carboxylic acids is 1. The van der Waals surface area contributed by atoms with E-state index in [0.717, 1.165) is 12.2 Å². The van der Waals surface area contributed by atoms with Gasteiger partial charge in [-0.25, -0.2) is 9.59 Å². The molecule has 4 N–H and O–H groups in total. The lowest BCUT2D eigenvalue weighted by atomic mass is 10.2. The van der Waals surface area contributed by atoms with Crippen LogP contribution >= 0.6 is 0 Å². The van der Waals surface area contributed by atoms with Gasteiger partial charge in [-0.2, -0.15) is 0 Å². The Labute approximate surface area is 176 Å².